The Morgan fingerprint density at radius 2 is 2.32 bits per heavy atom. The molecule has 0 aromatic carbocycles. The molecule has 1 N–H and O–H groups in total. The molecule has 5 nitrogen and oxygen atoms in total. The molecule has 1 aromatic heterocycles. The molecule has 2 heterocycles. The first-order valence-electron chi connectivity index (χ1n) is 6.70. The van der Waals surface area contributed by atoms with Crippen LogP contribution in [-0.2, 0) is 11.3 Å². The molecule has 1 atom stereocenters. The number of carbonyl (C=O) groups excluding carboxylic acids is 1. The lowest BCUT2D eigenvalue weighted by Gasteiger charge is -2.16. The smallest absolute Gasteiger partial charge is 0.263 e. The second-order valence-corrected chi connectivity index (χ2v) is 4.83. The molecule has 19 heavy (non-hydrogen) atoms. The lowest BCUT2D eigenvalue weighted by molar-refractivity contribution is -0.132. The number of nitrogens with one attached hydrogen (secondary N) is 1. The fourth-order valence-corrected chi connectivity index (χ4v) is 2.13. The van der Waals surface area contributed by atoms with E-state index >= 15 is 0 Å². The van der Waals surface area contributed by atoms with E-state index in [1.165, 1.54) is 0 Å². The molecule has 0 bridgehead atoms. The summed E-state index contributed by atoms with van der Waals surface area (Å²) in [4.78, 5) is 18.1. The van der Waals surface area contributed by atoms with Gasteiger partial charge >= 0.3 is 0 Å². The van der Waals surface area contributed by atoms with E-state index in [0.717, 1.165) is 30.9 Å². The Kier molecular flexibility index (Phi) is 4.37. The zero-order valence-electron chi connectivity index (χ0n) is 11.8. The van der Waals surface area contributed by atoms with Crippen LogP contribution in [0, 0.1) is 6.92 Å². The van der Waals surface area contributed by atoms with Crippen molar-refractivity contribution in [1.29, 1.82) is 0 Å². The molecular weight excluding hydrogens is 242 g/mol. The van der Waals surface area contributed by atoms with Crippen molar-refractivity contribution in [1.82, 2.24) is 15.2 Å². The average Bonchev–Trinajstić information content (AvgIpc) is 2.71. The van der Waals surface area contributed by atoms with E-state index in [1.54, 1.807) is 11.9 Å². The number of aromatic nitrogens is 1. The lowest BCUT2D eigenvalue weighted by atomic mass is 10.2. The third-order valence-electron chi connectivity index (χ3n) is 3.26. The molecule has 1 amide bonds. The summed E-state index contributed by atoms with van der Waals surface area (Å²) < 4.78 is 5.85. The van der Waals surface area contributed by atoms with Gasteiger partial charge in [-0.3, -0.25) is 9.78 Å². The number of hydrogen-bond donors (Lipinski definition) is 1. The van der Waals surface area contributed by atoms with Gasteiger partial charge in [0.1, 0.15) is 5.75 Å². The molecule has 0 saturated carbocycles. The second-order valence-electron chi connectivity index (χ2n) is 4.83. The molecule has 1 saturated heterocycles. The second kappa shape index (κ2) is 6.02. The Hall–Kier alpha value is -1.62. The van der Waals surface area contributed by atoms with Crippen molar-refractivity contribution in [2.75, 3.05) is 20.1 Å². The quantitative estimate of drug-likeness (QED) is 0.864. The summed E-state index contributed by atoms with van der Waals surface area (Å²) in [6, 6.07) is 3.81. The summed E-state index contributed by atoms with van der Waals surface area (Å²) in [6.45, 7) is 6.29. The molecule has 2 rings (SSSR count). The molecule has 0 radical (unpaired) electrons. The van der Waals surface area contributed by atoms with Crippen molar-refractivity contribution in [2.24, 2.45) is 0 Å². The van der Waals surface area contributed by atoms with Crippen molar-refractivity contribution < 1.29 is 9.53 Å². The van der Waals surface area contributed by atoms with Crippen LogP contribution in [0.4, 0.5) is 0 Å². The van der Waals surface area contributed by atoms with Gasteiger partial charge in [0.05, 0.1) is 5.69 Å². The van der Waals surface area contributed by atoms with Crippen LogP contribution in [0.3, 0.4) is 0 Å². The van der Waals surface area contributed by atoms with Crippen LogP contribution in [0.5, 0.6) is 5.75 Å². The monoisotopic (exact) mass is 263 g/mol. The molecule has 5 heteroatoms. The number of pyridine rings is 1. The van der Waals surface area contributed by atoms with Crippen molar-refractivity contribution in [3.05, 3.63) is 23.5 Å². The summed E-state index contributed by atoms with van der Waals surface area (Å²) in [5.74, 6) is 0.759. The van der Waals surface area contributed by atoms with Crippen molar-refractivity contribution in [2.45, 2.75) is 32.9 Å². The molecule has 0 aliphatic carbocycles. The van der Waals surface area contributed by atoms with E-state index in [0.29, 0.717) is 12.3 Å². The predicted molar refractivity (Wildman–Crippen MR) is 73.0 cm³/mol. The van der Waals surface area contributed by atoms with Gasteiger partial charge in [-0.15, -0.1) is 0 Å². The topological polar surface area (TPSA) is 54.5 Å². The van der Waals surface area contributed by atoms with Crippen LogP contribution >= 0.6 is 0 Å². The fraction of sp³-hybridized carbons (Fsp3) is 0.571. The number of rotatable bonds is 5. The van der Waals surface area contributed by atoms with E-state index in [-0.39, 0.29) is 12.0 Å². The first-order valence-corrected chi connectivity index (χ1v) is 6.70. The van der Waals surface area contributed by atoms with E-state index in [9.17, 15) is 4.79 Å². The minimum absolute atomic E-state index is 0.0509. The number of amides is 1. The van der Waals surface area contributed by atoms with Crippen LogP contribution in [0.15, 0.2) is 12.1 Å². The van der Waals surface area contributed by atoms with Gasteiger partial charge in [0.15, 0.2) is 6.10 Å². The Morgan fingerprint density at radius 3 is 2.95 bits per heavy atom. The maximum atomic E-state index is 11.9. The summed E-state index contributed by atoms with van der Waals surface area (Å²) in [5, 5.41) is 3.24. The zero-order valence-corrected chi connectivity index (χ0v) is 11.8. The highest BCUT2D eigenvalue weighted by Gasteiger charge is 2.31. The zero-order chi connectivity index (χ0) is 13.8. The molecule has 1 aliphatic rings. The number of carbonyl (C=O) groups is 1. The normalized spacial score (nSPS) is 19.0. The highest BCUT2D eigenvalue weighted by atomic mass is 16.5. The van der Waals surface area contributed by atoms with E-state index in [4.69, 9.17) is 4.74 Å². The van der Waals surface area contributed by atoms with E-state index in [1.807, 2.05) is 26.0 Å². The van der Waals surface area contributed by atoms with Gasteiger partial charge in [0.25, 0.3) is 5.91 Å². The van der Waals surface area contributed by atoms with E-state index in [2.05, 4.69) is 10.3 Å². The Balaban J connectivity index is 2.12. The number of aryl methyl sites for hydroxylation is 1. The molecule has 104 valence electrons. The van der Waals surface area contributed by atoms with Crippen LogP contribution in [0.1, 0.15) is 24.7 Å². The van der Waals surface area contributed by atoms with E-state index < -0.39 is 0 Å². The molecular formula is C14H21N3O2. The molecule has 1 unspecified atom stereocenters. The third kappa shape index (κ3) is 3.23. The number of likely N-dealkylation sites (N-methyl/N-ethyl adjacent to an activating group) is 1. The summed E-state index contributed by atoms with van der Waals surface area (Å²) in [7, 11) is 1.80. The SMILES string of the molecule is CCNCc1nc(C)ccc1OC1CCN(C)C1=O. The number of likely N-dealkylation sites (tertiary alicyclic amines) is 1. The van der Waals surface area contributed by atoms with Gasteiger partial charge in [-0.2, -0.15) is 0 Å². The average molecular weight is 263 g/mol. The molecule has 0 spiro atoms. The van der Waals surface area contributed by atoms with Gasteiger partial charge in [0, 0.05) is 32.3 Å². The Labute approximate surface area is 114 Å². The predicted octanol–water partition coefficient (Wildman–Crippen LogP) is 1.11. The van der Waals surface area contributed by atoms with Crippen molar-refractivity contribution in [3.63, 3.8) is 0 Å². The summed E-state index contributed by atoms with van der Waals surface area (Å²) in [6.07, 6.45) is 0.374. The van der Waals surface area contributed by atoms with Gasteiger partial charge in [-0.1, -0.05) is 6.92 Å². The minimum Gasteiger partial charge on any atom is -0.479 e. The highest BCUT2D eigenvalue weighted by Crippen LogP contribution is 2.22. The molecule has 1 aromatic rings. The van der Waals surface area contributed by atoms with Crippen LogP contribution in [0.25, 0.3) is 0 Å². The van der Waals surface area contributed by atoms with Gasteiger partial charge in [-0.25, -0.2) is 0 Å². The molecule has 1 fully saturated rings. The largest absolute Gasteiger partial charge is 0.479 e. The van der Waals surface area contributed by atoms with Crippen molar-refractivity contribution >= 4 is 5.91 Å². The maximum absolute atomic E-state index is 11.9. The van der Waals surface area contributed by atoms with Crippen LogP contribution < -0.4 is 10.1 Å². The van der Waals surface area contributed by atoms with Gasteiger partial charge in [0.2, 0.25) is 0 Å². The van der Waals surface area contributed by atoms with Crippen LogP contribution in [0.2, 0.25) is 0 Å². The highest BCUT2D eigenvalue weighted by molar-refractivity contribution is 5.83. The van der Waals surface area contributed by atoms with Crippen LogP contribution in [-0.4, -0.2) is 42.0 Å². The maximum Gasteiger partial charge on any atom is 0.263 e. The van der Waals surface area contributed by atoms with Gasteiger partial charge < -0.3 is 15.0 Å². The first-order chi connectivity index (χ1) is 9.11. The number of nitrogens with zero attached hydrogens (tertiary/aromatic N) is 2. The fourth-order valence-electron chi connectivity index (χ4n) is 2.13. The minimum atomic E-state index is -0.366. The summed E-state index contributed by atoms with van der Waals surface area (Å²) >= 11 is 0. The Morgan fingerprint density at radius 1 is 1.53 bits per heavy atom. The third-order valence-corrected chi connectivity index (χ3v) is 3.26. The number of hydrogen-bond acceptors (Lipinski definition) is 4. The number of ether oxygens (including phenoxy) is 1. The Bertz CT molecular complexity index is 462. The lowest BCUT2D eigenvalue weighted by Crippen LogP contribution is -2.30. The van der Waals surface area contributed by atoms with Crippen molar-refractivity contribution in [3.8, 4) is 5.75 Å². The van der Waals surface area contributed by atoms with Gasteiger partial charge in [-0.05, 0) is 25.6 Å². The first kappa shape index (κ1) is 13.8. The summed E-state index contributed by atoms with van der Waals surface area (Å²) in [5.41, 5.74) is 1.82. The molecule has 1 aliphatic heterocycles. The standard InChI is InChI=1S/C14H21N3O2/c1-4-15-9-11-12(6-5-10(2)16-11)19-13-7-8-17(3)14(13)18/h5-6,13,15H,4,7-9H2,1-3H3.